The number of ketones is 1. The highest BCUT2D eigenvalue weighted by atomic mass is 32.2. The molecule has 0 spiro atoms. The number of ether oxygens (including phenoxy) is 1. The Bertz CT molecular complexity index is 1090. The fraction of sp³-hybridized carbons (Fsp3) is 0.240. The lowest BCUT2D eigenvalue weighted by Gasteiger charge is -2.15. The molecule has 1 N–H and O–H groups in total. The van der Waals surface area contributed by atoms with Gasteiger partial charge in [0.15, 0.2) is 5.78 Å². The summed E-state index contributed by atoms with van der Waals surface area (Å²) in [6.07, 6.45) is 0. The lowest BCUT2D eigenvalue weighted by atomic mass is 10.1. The second kappa shape index (κ2) is 10.3. The summed E-state index contributed by atoms with van der Waals surface area (Å²) in [4.78, 5) is 30.3. The van der Waals surface area contributed by atoms with Crippen molar-refractivity contribution in [2.45, 2.75) is 32.7 Å². The van der Waals surface area contributed by atoms with Crippen LogP contribution in [0, 0.1) is 20.8 Å². The molecular formula is C25H26N2O3S. The molecular weight excluding hydrogens is 408 g/mol. The average Bonchev–Trinajstić information content (AvgIpc) is 2.73. The zero-order valence-electron chi connectivity index (χ0n) is 18.2. The fourth-order valence-corrected chi connectivity index (χ4v) is 4.22. The second-order valence-electron chi connectivity index (χ2n) is 7.22. The quantitative estimate of drug-likeness (QED) is 0.367. The molecule has 3 aromatic rings. The minimum absolute atomic E-state index is 0.000918. The SMILES string of the molecule is CCOc1ccccc1NC(=O)c1c(C)cc(C)nc1SCC(=O)c1ccc(C)cc1. The van der Waals surface area contributed by atoms with E-state index in [2.05, 4.69) is 10.3 Å². The van der Waals surface area contributed by atoms with Crippen molar-refractivity contribution in [2.24, 2.45) is 0 Å². The Morgan fingerprint density at radius 2 is 1.74 bits per heavy atom. The highest BCUT2D eigenvalue weighted by molar-refractivity contribution is 8.00. The number of hydrogen-bond acceptors (Lipinski definition) is 5. The number of para-hydroxylation sites is 2. The van der Waals surface area contributed by atoms with Gasteiger partial charge in [0.1, 0.15) is 10.8 Å². The molecule has 6 heteroatoms. The lowest BCUT2D eigenvalue weighted by molar-refractivity contribution is 0.101. The van der Waals surface area contributed by atoms with Crippen molar-refractivity contribution in [3.8, 4) is 5.75 Å². The number of hydrogen-bond donors (Lipinski definition) is 1. The Balaban J connectivity index is 1.83. The van der Waals surface area contributed by atoms with E-state index in [1.54, 1.807) is 6.07 Å². The first-order valence-electron chi connectivity index (χ1n) is 10.1. The van der Waals surface area contributed by atoms with Crippen LogP contribution in [0.3, 0.4) is 0 Å². The van der Waals surface area contributed by atoms with Crippen LogP contribution in [0.5, 0.6) is 5.75 Å². The van der Waals surface area contributed by atoms with E-state index in [4.69, 9.17) is 4.74 Å². The molecule has 1 aromatic heterocycles. The van der Waals surface area contributed by atoms with Crippen molar-refractivity contribution < 1.29 is 14.3 Å². The third-order valence-electron chi connectivity index (χ3n) is 4.69. The zero-order valence-corrected chi connectivity index (χ0v) is 19.0. The molecule has 1 heterocycles. The molecule has 2 aromatic carbocycles. The second-order valence-corrected chi connectivity index (χ2v) is 8.19. The normalized spacial score (nSPS) is 10.6. The topological polar surface area (TPSA) is 68.3 Å². The van der Waals surface area contributed by atoms with Crippen LogP contribution in [0.2, 0.25) is 0 Å². The van der Waals surface area contributed by atoms with Crippen LogP contribution in [-0.4, -0.2) is 29.0 Å². The van der Waals surface area contributed by atoms with Gasteiger partial charge in [0, 0.05) is 11.3 Å². The number of nitrogens with one attached hydrogen (secondary N) is 1. The van der Waals surface area contributed by atoms with E-state index in [1.165, 1.54) is 11.8 Å². The van der Waals surface area contributed by atoms with Gasteiger partial charge in [-0.2, -0.15) is 0 Å². The van der Waals surface area contributed by atoms with Crippen LogP contribution < -0.4 is 10.1 Å². The maximum absolute atomic E-state index is 13.2. The van der Waals surface area contributed by atoms with Crippen LogP contribution in [0.1, 0.15) is 44.5 Å². The maximum Gasteiger partial charge on any atom is 0.258 e. The van der Waals surface area contributed by atoms with Gasteiger partial charge in [-0.3, -0.25) is 9.59 Å². The number of carbonyl (C=O) groups is 2. The number of thioether (sulfide) groups is 1. The van der Waals surface area contributed by atoms with E-state index >= 15 is 0 Å². The van der Waals surface area contributed by atoms with Gasteiger partial charge in [-0.25, -0.2) is 4.98 Å². The van der Waals surface area contributed by atoms with Gasteiger partial charge < -0.3 is 10.1 Å². The van der Waals surface area contributed by atoms with Crippen LogP contribution in [0.15, 0.2) is 59.6 Å². The monoisotopic (exact) mass is 434 g/mol. The number of nitrogens with zero attached hydrogens (tertiary/aromatic N) is 1. The summed E-state index contributed by atoms with van der Waals surface area (Å²) in [5, 5.41) is 3.48. The summed E-state index contributed by atoms with van der Waals surface area (Å²) in [6.45, 7) is 8.14. The zero-order chi connectivity index (χ0) is 22.4. The highest BCUT2D eigenvalue weighted by Crippen LogP contribution is 2.29. The summed E-state index contributed by atoms with van der Waals surface area (Å²) in [5.41, 5.74) is 4.43. The number of carbonyl (C=O) groups excluding carboxylic acids is 2. The molecule has 1 amide bonds. The average molecular weight is 435 g/mol. The molecule has 0 radical (unpaired) electrons. The summed E-state index contributed by atoms with van der Waals surface area (Å²) < 4.78 is 5.61. The standard InChI is InChI=1S/C25H26N2O3S/c1-5-30-22-9-7-6-8-20(22)27-24(29)23-17(3)14-18(4)26-25(23)31-15-21(28)19-12-10-16(2)11-13-19/h6-14H,5,15H2,1-4H3,(H,27,29). The molecule has 0 aliphatic carbocycles. The molecule has 0 fully saturated rings. The van der Waals surface area contributed by atoms with E-state index in [0.29, 0.717) is 34.2 Å². The van der Waals surface area contributed by atoms with E-state index in [0.717, 1.165) is 16.8 Å². The number of pyridine rings is 1. The van der Waals surface area contributed by atoms with Gasteiger partial charge in [0.05, 0.1) is 23.6 Å². The van der Waals surface area contributed by atoms with Gasteiger partial charge in [0.2, 0.25) is 0 Å². The number of aromatic nitrogens is 1. The molecule has 0 bridgehead atoms. The van der Waals surface area contributed by atoms with Gasteiger partial charge in [-0.1, -0.05) is 53.7 Å². The summed E-state index contributed by atoms with van der Waals surface area (Å²) in [6, 6.07) is 16.7. The van der Waals surface area contributed by atoms with Gasteiger partial charge in [-0.05, 0) is 51.5 Å². The molecule has 0 saturated carbocycles. The fourth-order valence-electron chi connectivity index (χ4n) is 3.18. The Morgan fingerprint density at radius 1 is 1.03 bits per heavy atom. The lowest BCUT2D eigenvalue weighted by Crippen LogP contribution is -2.17. The Hall–Kier alpha value is -3.12. The molecule has 160 valence electrons. The van der Waals surface area contributed by atoms with Crippen molar-refractivity contribution in [2.75, 3.05) is 17.7 Å². The van der Waals surface area contributed by atoms with Crippen molar-refractivity contribution in [3.05, 3.63) is 82.5 Å². The van der Waals surface area contributed by atoms with Gasteiger partial charge >= 0.3 is 0 Å². The molecule has 0 saturated heterocycles. The van der Waals surface area contributed by atoms with Crippen molar-refractivity contribution in [1.29, 1.82) is 0 Å². The van der Waals surface area contributed by atoms with Crippen LogP contribution in [0.25, 0.3) is 0 Å². The predicted molar refractivity (Wildman–Crippen MR) is 126 cm³/mol. The number of amides is 1. The van der Waals surface area contributed by atoms with Crippen LogP contribution in [-0.2, 0) is 0 Å². The van der Waals surface area contributed by atoms with E-state index in [-0.39, 0.29) is 17.4 Å². The van der Waals surface area contributed by atoms with Gasteiger partial charge in [-0.15, -0.1) is 0 Å². The van der Waals surface area contributed by atoms with E-state index in [1.807, 2.05) is 76.2 Å². The molecule has 0 unspecified atom stereocenters. The first-order valence-corrected chi connectivity index (χ1v) is 11.1. The number of rotatable bonds is 8. The van der Waals surface area contributed by atoms with Crippen LogP contribution in [0.4, 0.5) is 5.69 Å². The molecule has 31 heavy (non-hydrogen) atoms. The van der Waals surface area contributed by atoms with Crippen LogP contribution >= 0.6 is 11.8 Å². The number of aryl methyl sites for hydroxylation is 3. The van der Waals surface area contributed by atoms with Crippen molar-refractivity contribution in [3.63, 3.8) is 0 Å². The molecule has 0 aliphatic rings. The first-order chi connectivity index (χ1) is 14.9. The first kappa shape index (κ1) is 22.6. The summed E-state index contributed by atoms with van der Waals surface area (Å²) in [7, 11) is 0. The molecule has 0 atom stereocenters. The maximum atomic E-state index is 13.2. The predicted octanol–water partition coefficient (Wildman–Crippen LogP) is 5.63. The van der Waals surface area contributed by atoms with E-state index in [9.17, 15) is 9.59 Å². The number of benzene rings is 2. The number of anilines is 1. The van der Waals surface area contributed by atoms with E-state index < -0.39 is 0 Å². The largest absolute Gasteiger partial charge is 0.492 e. The highest BCUT2D eigenvalue weighted by Gasteiger charge is 2.20. The summed E-state index contributed by atoms with van der Waals surface area (Å²) >= 11 is 1.28. The number of Topliss-reactive ketones (excluding diaryl/α,β-unsaturated/α-hetero) is 1. The third kappa shape index (κ3) is 5.73. The molecule has 5 nitrogen and oxygen atoms in total. The Morgan fingerprint density at radius 3 is 2.45 bits per heavy atom. The minimum atomic E-state index is -0.276. The minimum Gasteiger partial charge on any atom is -0.492 e. The molecule has 3 rings (SSSR count). The smallest absolute Gasteiger partial charge is 0.258 e. The Labute approximate surface area is 187 Å². The Kier molecular flexibility index (Phi) is 7.47. The summed E-state index contributed by atoms with van der Waals surface area (Å²) in [5.74, 6) is 0.538. The third-order valence-corrected chi connectivity index (χ3v) is 5.66. The molecule has 0 aliphatic heterocycles. The van der Waals surface area contributed by atoms with Crippen molar-refractivity contribution >= 4 is 29.1 Å². The van der Waals surface area contributed by atoms with Gasteiger partial charge in [0.25, 0.3) is 5.91 Å². The van der Waals surface area contributed by atoms with Crippen molar-refractivity contribution in [1.82, 2.24) is 4.98 Å².